The van der Waals surface area contributed by atoms with Gasteiger partial charge in [-0.05, 0) is 30.8 Å². The highest BCUT2D eigenvalue weighted by atomic mass is 32.1. The standard InChI is InChI=1S/C15H17NO3S/c1-2-16-8-12-4-5-13(20-12)9-17-11-3-6-14-15(7-11)19-10-18-14/h3-7,16H,2,8-10H2,1H3. The molecule has 0 saturated carbocycles. The van der Waals surface area contributed by atoms with Crippen LogP contribution in [-0.2, 0) is 13.2 Å². The van der Waals surface area contributed by atoms with Gasteiger partial charge in [-0.1, -0.05) is 6.92 Å². The molecule has 0 bridgehead atoms. The highest BCUT2D eigenvalue weighted by molar-refractivity contribution is 7.11. The van der Waals surface area contributed by atoms with Gasteiger partial charge in [0.1, 0.15) is 12.4 Å². The van der Waals surface area contributed by atoms with Crippen LogP contribution in [0, 0.1) is 0 Å². The second-order valence-electron chi connectivity index (χ2n) is 4.45. The number of ether oxygens (including phenoxy) is 3. The zero-order chi connectivity index (χ0) is 13.8. The fraction of sp³-hybridized carbons (Fsp3) is 0.333. The molecule has 0 radical (unpaired) electrons. The summed E-state index contributed by atoms with van der Waals surface area (Å²) in [5.74, 6) is 2.33. The van der Waals surface area contributed by atoms with Crippen LogP contribution in [0.1, 0.15) is 16.7 Å². The zero-order valence-corrected chi connectivity index (χ0v) is 12.2. The fourth-order valence-corrected chi connectivity index (χ4v) is 2.87. The number of hydrogen-bond acceptors (Lipinski definition) is 5. The van der Waals surface area contributed by atoms with E-state index >= 15 is 0 Å². The lowest BCUT2D eigenvalue weighted by atomic mass is 10.3. The van der Waals surface area contributed by atoms with Crippen molar-refractivity contribution in [2.45, 2.75) is 20.1 Å². The van der Waals surface area contributed by atoms with Gasteiger partial charge in [-0.3, -0.25) is 0 Å². The number of thiophene rings is 1. The molecule has 1 aromatic heterocycles. The Hall–Kier alpha value is -1.72. The predicted octanol–water partition coefficient (Wildman–Crippen LogP) is 3.17. The van der Waals surface area contributed by atoms with Gasteiger partial charge < -0.3 is 19.5 Å². The Morgan fingerprint density at radius 3 is 2.90 bits per heavy atom. The van der Waals surface area contributed by atoms with Gasteiger partial charge in [0, 0.05) is 22.4 Å². The highest BCUT2D eigenvalue weighted by Crippen LogP contribution is 2.35. The first-order valence-electron chi connectivity index (χ1n) is 6.66. The van der Waals surface area contributed by atoms with Crippen LogP contribution < -0.4 is 19.5 Å². The highest BCUT2D eigenvalue weighted by Gasteiger charge is 2.13. The van der Waals surface area contributed by atoms with Crippen LogP contribution in [0.4, 0.5) is 0 Å². The Morgan fingerprint density at radius 1 is 1.15 bits per heavy atom. The molecular formula is C15H17NO3S. The van der Waals surface area contributed by atoms with Crippen LogP contribution >= 0.6 is 11.3 Å². The fourth-order valence-electron chi connectivity index (χ4n) is 1.96. The molecule has 1 aromatic carbocycles. The summed E-state index contributed by atoms with van der Waals surface area (Å²) < 4.78 is 16.4. The van der Waals surface area contributed by atoms with Crippen molar-refractivity contribution in [2.75, 3.05) is 13.3 Å². The molecule has 0 spiro atoms. The summed E-state index contributed by atoms with van der Waals surface area (Å²) in [6.45, 7) is 4.89. The monoisotopic (exact) mass is 291 g/mol. The van der Waals surface area contributed by atoms with Crippen molar-refractivity contribution in [3.63, 3.8) is 0 Å². The van der Waals surface area contributed by atoms with E-state index in [1.165, 1.54) is 9.75 Å². The predicted molar refractivity (Wildman–Crippen MR) is 78.6 cm³/mol. The molecule has 0 unspecified atom stereocenters. The number of nitrogens with one attached hydrogen (secondary N) is 1. The molecule has 106 valence electrons. The van der Waals surface area contributed by atoms with Crippen LogP contribution in [0.5, 0.6) is 17.2 Å². The molecule has 0 aliphatic carbocycles. The van der Waals surface area contributed by atoms with Gasteiger partial charge in [0.25, 0.3) is 0 Å². The van der Waals surface area contributed by atoms with Crippen molar-refractivity contribution in [2.24, 2.45) is 0 Å². The van der Waals surface area contributed by atoms with E-state index in [9.17, 15) is 0 Å². The molecule has 0 fully saturated rings. The normalized spacial score (nSPS) is 12.7. The number of fused-ring (bicyclic) bond motifs is 1. The number of hydrogen-bond donors (Lipinski definition) is 1. The first-order chi connectivity index (χ1) is 9.85. The third kappa shape index (κ3) is 3.05. The van der Waals surface area contributed by atoms with Crippen molar-refractivity contribution in [3.8, 4) is 17.2 Å². The lowest BCUT2D eigenvalue weighted by Crippen LogP contribution is -2.10. The minimum atomic E-state index is 0.289. The summed E-state index contributed by atoms with van der Waals surface area (Å²) in [7, 11) is 0. The van der Waals surface area contributed by atoms with Crippen molar-refractivity contribution in [1.82, 2.24) is 5.32 Å². The minimum absolute atomic E-state index is 0.289. The molecule has 5 heteroatoms. The first kappa shape index (κ1) is 13.3. The Bertz CT molecular complexity index is 582. The first-order valence-corrected chi connectivity index (χ1v) is 7.47. The van der Waals surface area contributed by atoms with E-state index in [1.807, 2.05) is 18.2 Å². The van der Waals surface area contributed by atoms with E-state index in [-0.39, 0.29) is 6.79 Å². The number of benzene rings is 1. The van der Waals surface area contributed by atoms with Gasteiger partial charge in [0.2, 0.25) is 6.79 Å². The molecular weight excluding hydrogens is 274 g/mol. The lowest BCUT2D eigenvalue weighted by Gasteiger charge is -2.05. The third-order valence-electron chi connectivity index (χ3n) is 2.99. The summed E-state index contributed by atoms with van der Waals surface area (Å²) in [6.07, 6.45) is 0. The van der Waals surface area contributed by atoms with Crippen LogP contribution in [-0.4, -0.2) is 13.3 Å². The molecule has 1 N–H and O–H groups in total. The summed E-state index contributed by atoms with van der Waals surface area (Å²) in [5, 5.41) is 3.32. The second-order valence-corrected chi connectivity index (χ2v) is 5.70. The lowest BCUT2D eigenvalue weighted by molar-refractivity contribution is 0.173. The van der Waals surface area contributed by atoms with E-state index in [2.05, 4.69) is 24.4 Å². The Labute approximate surface area is 122 Å². The number of rotatable bonds is 6. The van der Waals surface area contributed by atoms with E-state index in [1.54, 1.807) is 11.3 Å². The Kier molecular flexibility index (Phi) is 4.08. The average Bonchev–Trinajstić information content (AvgIpc) is 3.11. The maximum atomic E-state index is 5.79. The summed E-state index contributed by atoms with van der Waals surface area (Å²) in [5.41, 5.74) is 0. The van der Waals surface area contributed by atoms with E-state index in [4.69, 9.17) is 14.2 Å². The second kappa shape index (κ2) is 6.15. The largest absolute Gasteiger partial charge is 0.488 e. The molecule has 1 aliphatic rings. The van der Waals surface area contributed by atoms with Gasteiger partial charge in [-0.15, -0.1) is 11.3 Å². The van der Waals surface area contributed by atoms with Crippen molar-refractivity contribution < 1.29 is 14.2 Å². The Balaban J connectivity index is 1.57. The molecule has 20 heavy (non-hydrogen) atoms. The maximum Gasteiger partial charge on any atom is 0.231 e. The van der Waals surface area contributed by atoms with Crippen LogP contribution in [0.3, 0.4) is 0 Å². The topological polar surface area (TPSA) is 39.7 Å². The SMILES string of the molecule is CCNCc1ccc(COc2ccc3c(c2)OCO3)s1. The molecule has 1 aliphatic heterocycles. The molecule has 2 aromatic rings. The molecule has 2 heterocycles. The molecule has 4 nitrogen and oxygen atoms in total. The smallest absolute Gasteiger partial charge is 0.231 e. The molecule has 3 rings (SSSR count). The van der Waals surface area contributed by atoms with Gasteiger partial charge in [0.15, 0.2) is 11.5 Å². The minimum Gasteiger partial charge on any atom is -0.488 e. The van der Waals surface area contributed by atoms with Crippen molar-refractivity contribution >= 4 is 11.3 Å². The van der Waals surface area contributed by atoms with Gasteiger partial charge in [0.05, 0.1) is 0 Å². The van der Waals surface area contributed by atoms with Gasteiger partial charge in [-0.25, -0.2) is 0 Å². The zero-order valence-electron chi connectivity index (χ0n) is 11.3. The van der Waals surface area contributed by atoms with E-state index in [0.29, 0.717) is 6.61 Å². The van der Waals surface area contributed by atoms with Gasteiger partial charge >= 0.3 is 0 Å². The quantitative estimate of drug-likeness (QED) is 0.887. The van der Waals surface area contributed by atoms with E-state index < -0.39 is 0 Å². The van der Waals surface area contributed by atoms with Crippen molar-refractivity contribution in [3.05, 3.63) is 40.1 Å². The van der Waals surface area contributed by atoms with Crippen LogP contribution in [0.15, 0.2) is 30.3 Å². The van der Waals surface area contributed by atoms with Crippen LogP contribution in [0.25, 0.3) is 0 Å². The molecule has 0 amide bonds. The maximum absolute atomic E-state index is 5.79. The third-order valence-corrected chi connectivity index (χ3v) is 4.05. The Morgan fingerprint density at radius 2 is 2.00 bits per heavy atom. The molecule has 0 atom stereocenters. The molecule has 0 saturated heterocycles. The van der Waals surface area contributed by atoms with Crippen molar-refractivity contribution in [1.29, 1.82) is 0 Å². The van der Waals surface area contributed by atoms with E-state index in [0.717, 1.165) is 30.3 Å². The van der Waals surface area contributed by atoms with Gasteiger partial charge in [-0.2, -0.15) is 0 Å². The van der Waals surface area contributed by atoms with Crippen LogP contribution in [0.2, 0.25) is 0 Å². The summed E-state index contributed by atoms with van der Waals surface area (Å²) in [6, 6.07) is 9.91. The summed E-state index contributed by atoms with van der Waals surface area (Å²) >= 11 is 1.77. The summed E-state index contributed by atoms with van der Waals surface area (Å²) in [4.78, 5) is 2.55. The average molecular weight is 291 g/mol.